The van der Waals surface area contributed by atoms with Gasteiger partial charge in [0.05, 0.1) is 31.5 Å². The number of amides is 1. The minimum absolute atomic E-state index is 0.117. The number of aliphatic hydroxyl groups is 1. The number of aromatic nitrogens is 2. The lowest BCUT2D eigenvalue weighted by atomic mass is 9.96. The number of hydrogen-bond donors (Lipinski definition) is 1. The van der Waals surface area contributed by atoms with Gasteiger partial charge in [-0.15, -0.1) is 0 Å². The van der Waals surface area contributed by atoms with Gasteiger partial charge in [0.25, 0.3) is 5.78 Å². The third kappa shape index (κ3) is 3.85. The molecule has 1 fully saturated rings. The molecular weight excluding hydrogens is 446 g/mol. The number of pyridine rings is 1. The highest BCUT2D eigenvalue weighted by atomic mass is 32.1. The first-order valence-corrected chi connectivity index (χ1v) is 10.6. The Labute approximate surface area is 192 Å². The third-order valence-electron chi connectivity index (χ3n) is 5.15. The molecule has 0 bridgehead atoms. The number of carbonyl (C=O) groups is 3. The summed E-state index contributed by atoms with van der Waals surface area (Å²) < 4.78 is 9.99. The van der Waals surface area contributed by atoms with E-state index in [1.54, 1.807) is 49.5 Å². The number of anilines is 1. The van der Waals surface area contributed by atoms with Gasteiger partial charge < -0.3 is 14.6 Å². The summed E-state index contributed by atoms with van der Waals surface area (Å²) in [7, 11) is 2.73. The van der Waals surface area contributed by atoms with Crippen LogP contribution in [-0.4, -0.2) is 47.0 Å². The van der Waals surface area contributed by atoms with E-state index in [0.717, 1.165) is 11.3 Å². The molecule has 1 saturated heterocycles. The van der Waals surface area contributed by atoms with Gasteiger partial charge in [0.1, 0.15) is 16.4 Å². The van der Waals surface area contributed by atoms with Crippen LogP contribution in [-0.2, 0) is 14.3 Å². The number of aliphatic hydroxyl groups excluding tert-OH is 1. The topological polar surface area (TPSA) is 119 Å². The van der Waals surface area contributed by atoms with Crippen molar-refractivity contribution in [3.63, 3.8) is 0 Å². The molecule has 0 saturated carbocycles. The van der Waals surface area contributed by atoms with Gasteiger partial charge in [0.2, 0.25) is 0 Å². The smallest absolute Gasteiger partial charge is 0.350 e. The molecule has 1 amide bonds. The molecule has 1 aliphatic rings. The van der Waals surface area contributed by atoms with E-state index in [4.69, 9.17) is 9.47 Å². The molecule has 1 aliphatic heterocycles. The molecule has 10 heteroatoms. The van der Waals surface area contributed by atoms with Crippen LogP contribution in [0.4, 0.5) is 5.13 Å². The van der Waals surface area contributed by atoms with Gasteiger partial charge in [-0.1, -0.05) is 29.5 Å². The number of thiazole rings is 1. The molecule has 33 heavy (non-hydrogen) atoms. The molecule has 1 N–H and O–H groups in total. The van der Waals surface area contributed by atoms with Crippen LogP contribution in [0, 0.1) is 6.92 Å². The van der Waals surface area contributed by atoms with Crippen molar-refractivity contribution in [3.05, 3.63) is 76.1 Å². The lowest BCUT2D eigenvalue weighted by Crippen LogP contribution is -2.29. The minimum Gasteiger partial charge on any atom is -0.507 e. The number of esters is 1. The van der Waals surface area contributed by atoms with Crippen molar-refractivity contribution in [2.24, 2.45) is 0 Å². The highest BCUT2D eigenvalue weighted by Crippen LogP contribution is 2.43. The number of nitrogens with zero attached hydrogens (tertiary/aromatic N) is 3. The molecule has 1 aromatic carbocycles. The average Bonchev–Trinajstić information content (AvgIpc) is 3.35. The standard InChI is InChI=1S/C23H19N3O6S/c1-12-20(22(30)32-3)33-23(25-12)26-17(14-7-5-9-24-11-14)16(19(28)21(26)29)18(27)13-6-4-8-15(10-13)31-2/h4-11,17,27H,1-3H3. The summed E-state index contributed by atoms with van der Waals surface area (Å²) in [5.41, 5.74) is 1.05. The first kappa shape index (κ1) is 22.2. The van der Waals surface area contributed by atoms with Gasteiger partial charge in [0, 0.05) is 18.0 Å². The second-order valence-electron chi connectivity index (χ2n) is 7.09. The number of Topliss-reactive ketones (excluding diaryl/α,β-unsaturated/α-hetero) is 1. The Morgan fingerprint density at radius 3 is 2.64 bits per heavy atom. The van der Waals surface area contributed by atoms with Crippen LogP contribution in [0.25, 0.3) is 5.76 Å². The number of ether oxygens (including phenoxy) is 2. The van der Waals surface area contributed by atoms with Crippen LogP contribution in [0.3, 0.4) is 0 Å². The van der Waals surface area contributed by atoms with E-state index in [1.807, 2.05) is 0 Å². The van der Waals surface area contributed by atoms with E-state index in [-0.39, 0.29) is 21.3 Å². The molecule has 4 rings (SSSR count). The number of methoxy groups -OCH3 is 2. The van der Waals surface area contributed by atoms with Gasteiger partial charge in [-0.2, -0.15) is 0 Å². The number of rotatable bonds is 5. The fourth-order valence-corrected chi connectivity index (χ4v) is 4.59. The fourth-order valence-electron chi connectivity index (χ4n) is 3.58. The summed E-state index contributed by atoms with van der Waals surface area (Å²) in [4.78, 5) is 48.2. The summed E-state index contributed by atoms with van der Waals surface area (Å²) in [6.45, 7) is 1.61. The lowest BCUT2D eigenvalue weighted by molar-refractivity contribution is -0.132. The Balaban J connectivity index is 1.92. The van der Waals surface area contributed by atoms with Crippen LogP contribution in [0.15, 0.2) is 54.4 Å². The average molecular weight is 465 g/mol. The molecule has 1 unspecified atom stereocenters. The Hall–Kier alpha value is -4.05. The molecule has 0 spiro atoms. The summed E-state index contributed by atoms with van der Waals surface area (Å²) in [6, 6.07) is 8.88. The van der Waals surface area contributed by atoms with E-state index >= 15 is 0 Å². The number of aryl methyl sites for hydroxylation is 1. The number of carbonyl (C=O) groups excluding carboxylic acids is 3. The van der Waals surface area contributed by atoms with E-state index in [2.05, 4.69) is 9.97 Å². The van der Waals surface area contributed by atoms with Gasteiger partial charge in [-0.25, -0.2) is 9.78 Å². The quantitative estimate of drug-likeness (QED) is 0.264. The maximum Gasteiger partial charge on any atom is 0.350 e. The maximum atomic E-state index is 13.2. The monoisotopic (exact) mass is 465 g/mol. The summed E-state index contributed by atoms with van der Waals surface area (Å²) in [5.74, 6) is -2.23. The Bertz CT molecular complexity index is 1280. The predicted molar refractivity (Wildman–Crippen MR) is 120 cm³/mol. The minimum atomic E-state index is -0.999. The molecule has 2 aromatic heterocycles. The summed E-state index contributed by atoms with van der Waals surface area (Å²) in [5, 5.41) is 11.3. The zero-order valence-corrected chi connectivity index (χ0v) is 18.8. The molecule has 1 atom stereocenters. The molecule has 9 nitrogen and oxygen atoms in total. The van der Waals surface area contributed by atoms with E-state index < -0.39 is 23.7 Å². The van der Waals surface area contributed by atoms with Crippen molar-refractivity contribution in [2.45, 2.75) is 13.0 Å². The third-order valence-corrected chi connectivity index (χ3v) is 6.29. The fraction of sp³-hybridized carbons (Fsp3) is 0.174. The van der Waals surface area contributed by atoms with Crippen molar-refractivity contribution < 1.29 is 29.0 Å². The second-order valence-corrected chi connectivity index (χ2v) is 8.07. The molecule has 3 heterocycles. The summed E-state index contributed by atoms with van der Waals surface area (Å²) in [6.07, 6.45) is 3.06. The highest BCUT2D eigenvalue weighted by molar-refractivity contribution is 7.17. The van der Waals surface area contributed by atoms with Crippen molar-refractivity contribution in [3.8, 4) is 5.75 Å². The van der Waals surface area contributed by atoms with Crippen molar-refractivity contribution in [2.75, 3.05) is 19.1 Å². The largest absolute Gasteiger partial charge is 0.507 e. The van der Waals surface area contributed by atoms with Gasteiger partial charge >= 0.3 is 11.9 Å². The van der Waals surface area contributed by atoms with E-state index in [0.29, 0.717) is 22.6 Å². The van der Waals surface area contributed by atoms with Crippen LogP contribution in [0.1, 0.15) is 32.5 Å². The van der Waals surface area contributed by atoms with Crippen LogP contribution >= 0.6 is 11.3 Å². The normalized spacial score (nSPS) is 17.3. The van der Waals surface area contributed by atoms with Crippen LogP contribution in [0.2, 0.25) is 0 Å². The van der Waals surface area contributed by atoms with Crippen molar-refractivity contribution in [1.82, 2.24) is 9.97 Å². The molecule has 0 radical (unpaired) electrons. The SMILES string of the molecule is COC(=O)c1sc(N2C(=O)C(=O)C(=C(O)c3cccc(OC)c3)C2c2cccnc2)nc1C. The van der Waals surface area contributed by atoms with Crippen molar-refractivity contribution >= 4 is 39.9 Å². The second kappa shape index (κ2) is 8.83. The first-order valence-electron chi connectivity index (χ1n) is 9.78. The highest BCUT2D eigenvalue weighted by Gasteiger charge is 2.48. The Morgan fingerprint density at radius 1 is 1.18 bits per heavy atom. The molecule has 3 aromatic rings. The van der Waals surface area contributed by atoms with E-state index in [9.17, 15) is 19.5 Å². The number of benzene rings is 1. The Kier molecular flexibility index (Phi) is 5.93. The molecular formula is C23H19N3O6S. The van der Waals surface area contributed by atoms with Gasteiger partial charge in [0.15, 0.2) is 5.13 Å². The Morgan fingerprint density at radius 2 is 1.97 bits per heavy atom. The number of hydrogen-bond acceptors (Lipinski definition) is 9. The number of ketones is 1. The zero-order chi connectivity index (χ0) is 23.7. The van der Waals surface area contributed by atoms with E-state index in [1.165, 1.54) is 25.3 Å². The first-order chi connectivity index (χ1) is 15.9. The maximum absolute atomic E-state index is 13.2. The summed E-state index contributed by atoms with van der Waals surface area (Å²) >= 11 is 0.932. The van der Waals surface area contributed by atoms with Crippen LogP contribution in [0.5, 0.6) is 5.75 Å². The van der Waals surface area contributed by atoms with Crippen LogP contribution < -0.4 is 9.64 Å². The van der Waals surface area contributed by atoms with Gasteiger partial charge in [-0.3, -0.25) is 19.5 Å². The zero-order valence-electron chi connectivity index (χ0n) is 17.9. The van der Waals surface area contributed by atoms with Crippen molar-refractivity contribution in [1.29, 1.82) is 0 Å². The predicted octanol–water partition coefficient (Wildman–Crippen LogP) is 3.27. The molecule has 0 aliphatic carbocycles. The molecule has 168 valence electrons. The van der Waals surface area contributed by atoms with Gasteiger partial charge in [-0.05, 0) is 30.7 Å². The lowest BCUT2D eigenvalue weighted by Gasteiger charge is -2.22.